The maximum Gasteiger partial charge on any atom is 0.0360 e. The summed E-state index contributed by atoms with van der Waals surface area (Å²) >= 11 is 7.35. The van der Waals surface area contributed by atoms with Gasteiger partial charge < -0.3 is 5.32 Å². The molecule has 1 aliphatic carbocycles. The molecule has 0 saturated heterocycles. The van der Waals surface area contributed by atoms with Crippen molar-refractivity contribution >= 4 is 31.9 Å². The number of nitrogens with one attached hydrogen (secondary N) is 1. The van der Waals surface area contributed by atoms with Crippen LogP contribution in [0.4, 0.5) is 0 Å². The molecule has 0 radical (unpaired) electrons. The van der Waals surface area contributed by atoms with Gasteiger partial charge in [0.25, 0.3) is 0 Å². The van der Waals surface area contributed by atoms with E-state index in [1.165, 1.54) is 39.3 Å². The van der Waals surface area contributed by atoms with Crippen LogP contribution in [0.15, 0.2) is 21.1 Å². The second-order valence-electron chi connectivity index (χ2n) is 4.85. The summed E-state index contributed by atoms with van der Waals surface area (Å²) in [5, 5.41) is 3.64. The van der Waals surface area contributed by atoms with Gasteiger partial charge in [-0.15, -0.1) is 0 Å². The molecule has 3 heteroatoms. The van der Waals surface area contributed by atoms with Crippen molar-refractivity contribution < 1.29 is 0 Å². The summed E-state index contributed by atoms with van der Waals surface area (Å²) in [7, 11) is 0. The first-order chi connectivity index (χ1) is 8.13. The molecule has 0 spiro atoms. The van der Waals surface area contributed by atoms with Crippen molar-refractivity contribution in [3.63, 3.8) is 0 Å². The van der Waals surface area contributed by atoms with Crippen molar-refractivity contribution in [2.24, 2.45) is 5.92 Å². The molecule has 0 heterocycles. The number of hydrogen-bond donors (Lipinski definition) is 1. The first kappa shape index (κ1) is 13.6. The van der Waals surface area contributed by atoms with Gasteiger partial charge in [-0.25, -0.2) is 0 Å². The summed E-state index contributed by atoms with van der Waals surface area (Å²) in [6, 6.07) is 4.98. The summed E-state index contributed by atoms with van der Waals surface area (Å²) < 4.78 is 2.44. The van der Waals surface area contributed by atoms with E-state index in [4.69, 9.17) is 0 Å². The highest BCUT2D eigenvalue weighted by atomic mass is 79.9. The molecule has 1 unspecified atom stereocenters. The third kappa shape index (κ3) is 2.94. The van der Waals surface area contributed by atoms with E-state index < -0.39 is 0 Å². The van der Waals surface area contributed by atoms with Gasteiger partial charge in [-0.05, 0) is 55.5 Å². The third-order valence-electron chi connectivity index (χ3n) is 3.66. The standard InChI is InChI=1S/C14H19Br2N/c1-3-17-14(10-5-4-6-10)11-8-12(15)9(2)7-13(11)16/h7-8,10,14,17H,3-6H2,1-2H3. The molecule has 1 aromatic carbocycles. The lowest BCUT2D eigenvalue weighted by atomic mass is 9.77. The molecule has 1 N–H and O–H groups in total. The van der Waals surface area contributed by atoms with Crippen LogP contribution in [0.1, 0.15) is 43.4 Å². The summed E-state index contributed by atoms with van der Waals surface area (Å²) in [4.78, 5) is 0. The molecule has 0 aliphatic heterocycles. The van der Waals surface area contributed by atoms with Crippen LogP contribution in [-0.2, 0) is 0 Å². The average Bonchev–Trinajstić information content (AvgIpc) is 2.20. The van der Waals surface area contributed by atoms with Gasteiger partial charge in [-0.2, -0.15) is 0 Å². The zero-order valence-corrected chi connectivity index (χ0v) is 13.6. The van der Waals surface area contributed by atoms with Crippen molar-refractivity contribution in [3.05, 3.63) is 32.2 Å². The van der Waals surface area contributed by atoms with E-state index in [-0.39, 0.29) is 0 Å². The van der Waals surface area contributed by atoms with Crippen molar-refractivity contribution in [3.8, 4) is 0 Å². The van der Waals surface area contributed by atoms with Gasteiger partial charge in [-0.3, -0.25) is 0 Å². The minimum Gasteiger partial charge on any atom is -0.310 e. The fourth-order valence-corrected chi connectivity index (χ4v) is 3.49. The molecule has 2 rings (SSSR count). The monoisotopic (exact) mass is 359 g/mol. The van der Waals surface area contributed by atoms with E-state index in [0.29, 0.717) is 6.04 Å². The molecule has 1 saturated carbocycles. The molecule has 94 valence electrons. The van der Waals surface area contributed by atoms with Crippen molar-refractivity contribution in [1.82, 2.24) is 5.32 Å². The fourth-order valence-electron chi connectivity index (χ4n) is 2.42. The summed E-state index contributed by atoms with van der Waals surface area (Å²) in [5.74, 6) is 0.806. The molecule has 1 aromatic rings. The maximum absolute atomic E-state index is 3.71. The van der Waals surface area contributed by atoms with Crippen LogP contribution in [0.3, 0.4) is 0 Å². The predicted octanol–water partition coefficient (Wildman–Crippen LogP) is 4.97. The molecule has 0 bridgehead atoms. The number of halogens is 2. The second-order valence-corrected chi connectivity index (χ2v) is 6.56. The molecular formula is C14H19Br2N. The normalized spacial score (nSPS) is 17.9. The highest BCUT2D eigenvalue weighted by Crippen LogP contribution is 2.41. The van der Waals surface area contributed by atoms with Crippen molar-refractivity contribution in [1.29, 1.82) is 0 Å². The van der Waals surface area contributed by atoms with E-state index in [1.807, 2.05) is 0 Å². The molecule has 1 aliphatic rings. The number of hydrogen-bond acceptors (Lipinski definition) is 1. The molecule has 1 fully saturated rings. The Bertz CT molecular complexity index is 399. The van der Waals surface area contributed by atoms with Gasteiger partial charge in [-0.1, -0.05) is 45.2 Å². The topological polar surface area (TPSA) is 12.0 Å². The number of aryl methyl sites for hydroxylation is 1. The van der Waals surface area contributed by atoms with E-state index >= 15 is 0 Å². The van der Waals surface area contributed by atoms with E-state index in [9.17, 15) is 0 Å². The Morgan fingerprint density at radius 3 is 2.53 bits per heavy atom. The highest BCUT2D eigenvalue weighted by molar-refractivity contribution is 9.11. The van der Waals surface area contributed by atoms with Crippen LogP contribution in [0.25, 0.3) is 0 Å². The van der Waals surface area contributed by atoms with E-state index in [0.717, 1.165) is 12.5 Å². The van der Waals surface area contributed by atoms with Crippen LogP contribution in [0.2, 0.25) is 0 Å². The molecule has 0 amide bonds. The van der Waals surface area contributed by atoms with Gasteiger partial charge in [0.1, 0.15) is 0 Å². The van der Waals surface area contributed by atoms with Crippen molar-refractivity contribution in [2.45, 2.75) is 39.2 Å². The molecule has 1 atom stereocenters. The lowest BCUT2D eigenvalue weighted by Gasteiger charge is -2.35. The Morgan fingerprint density at radius 2 is 2.00 bits per heavy atom. The molecule has 0 aromatic heterocycles. The van der Waals surface area contributed by atoms with Gasteiger partial charge >= 0.3 is 0 Å². The number of benzene rings is 1. The average molecular weight is 361 g/mol. The Labute approximate surface area is 121 Å². The summed E-state index contributed by atoms with van der Waals surface area (Å²) in [5.41, 5.74) is 2.68. The Balaban J connectivity index is 2.31. The van der Waals surface area contributed by atoms with Gasteiger partial charge in [0, 0.05) is 15.0 Å². The van der Waals surface area contributed by atoms with Crippen LogP contribution in [-0.4, -0.2) is 6.54 Å². The third-order valence-corrected chi connectivity index (χ3v) is 5.20. The minimum atomic E-state index is 0.500. The van der Waals surface area contributed by atoms with Gasteiger partial charge in [0.15, 0.2) is 0 Å². The first-order valence-corrected chi connectivity index (χ1v) is 7.91. The SMILES string of the molecule is CCNC(c1cc(Br)c(C)cc1Br)C1CCC1. The van der Waals surface area contributed by atoms with Gasteiger partial charge in [0.05, 0.1) is 0 Å². The molecular weight excluding hydrogens is 342 g/mol. The maximum atomic E-state index is 3.71. The van der Waals surface area contributed by atoms with Crippen molar-refractivity contribution in [2.75, 3.05) is 6.54 Å². The lowest BCUT2D eigenvalue weighted by molar-refractivity contribution is 0.232. The minimum absolute atomic E-state index is 0.500. The zero-order valence-electron chi connectivity index (χ0n) is 10.4. The second kappa shape index (κ2) is 5.85. The summed E-state index contributed by atoms with van der Waals surface area (Å²) in [6.45, 7) is 5.34. The van der Waals surface area contributed by atoms with E-state index in [2.05, 4.69) is 63.2 Å². The molecule has 1 nitrogen and oxygen atoms in total. The zero-order chi connectivity index (χ0) is 12.4. The Morgan fingerprint density at radius 1 is 1.29 bits per heavy atom. The Kier molecular flexibility index (Phi) is 4.67. The predicted molar refractivity (Wildman–Crippen MR) is 80.3 cm³/mol. The Hall–Kier alpha value is 0.140. The molecule has 17 heavy (non-hydrogen) atoms. The smallest absolute Gasteiger partial charge is 0.0360 e. The largest absolute Gasteiger partial charge is 0.310 e. The van der Waals surface area contributed by atoms with Crippen LogP contribution in [0.5, 0.6) is 0 Å². The fraction of sp³-hybridized carbons (Fsp3) is 0.571. The van der Waals surface area contributed by atoms with Crippen LogP contribution >= 0.6 is 31.9 Å². The quantitative estimate of drug-likeness (QED) is 0.799. The van der Waals surface area contributed by atoms with E-state index in [1.54, 1.807) is 0 Å². The lowest BCUT2D eigenvalue weighted by Crippen LogP contribution is -2.32. The van der Waals surface area contributed by atoms with Gasteiger partial charge in [0.2, 0.25) is 0 Å². The van der Waals surface area contributed by atoms with Crippen LogP contribution < -0.4 is 5.32 Å². The first-order valence-electron chi connectivity index (χ1n) is 6.32. The van der Waals surface area contributed by atoms with Crippen LogP contribution in [0, 0.1) is 12.8 Å². The number of rotatable bonds is 4. The summed E-state index contributed by atoms with van der Waals surface area (Å²) in [6.07, 6.45) is 4.10. The highest BCUT2D eigenvalue weighted by Gasteiger charge is 2.29.